The van der Waals surface area contributed by atoms with Gasteiger partial charge in [-0.1, -0.05) is 32.9 Å². The average Bonchev–Trinajstić information content (AvgIpc) is 2.97. The maximum atomic E-state index is 12.3. The molecule has 1 aromatic heterocycles. The third-order valence-corrected chi connectivity index (χ3v) is 6.57. The molecular weight excluding hydrogens is 352 g/mol. The van der Waals surface area contributed by atoms with E-state index in [1.54, 1.807) is 12.1 Å². The first-order valence-electron chi connectivity index (χ1n) is 8.55. The van der Waals surface area contributed by atoms with Crippen LogP contribution < -0.4 is 5.32 Å². The molecule has 1 saturated heterocycles. The predicted molar refractivity (Wildman–Crippen MR) is 101 cm³/mol. The summed E-state index contributed by atoms with van der Waals surface area (Å²) in [5.41, 5.74) is 1.93. The maximum absolute atomic E-state index is 12.3. The fraction of sp³-hybridized carbons (Fsp3) is 0.421. The molecule has 0 spiro atoms. The number of rotatable bonds is 4. The molecule has 6 nitrogen and oxygen atoms in total. The van der Waals surface area contributed by atoms with Crippen LogP contribution in [-0.4, -0.2) is 37.7 Å². The van der Waals surface area contributed by atoms with Crippen LogP contribution in [-0.2, 0) is 21.0 Å². The number of urea groups is 1. The molecule has 0 atom stereocenters. The van der Waals surface area contributed by atoms with Gasteiger partial charge in [-0.05, 0) is 35.2 Å². The molecule has 1 aromatic carbocycles. The summed E-state index contributed by atoms with van der Waals surface area (Å²) < 4.78 is 29.7. The number of nitrogens with zero attached hydrogens (tertiary/aromatic N) is 1. The highest BCUT2D eigenvalue weighted by molar-refractivity contribution is 7.91. The number of carbonyl (C=O) groups excluding carboxylic acids is 1. The smallest absolute Gasteiger partial charge is 0.321 e. The second-order valence-electron chi connectivity index (χ2n) is 7.67. The van der Waals surface area contributed by atoms with Crippen molar-refractivity contribution in [2.75, 3.05) is 18.4 Å². The van der Waals surface area contributed by atoms with Crippen molar-refractivity contribution in [1.82, 2.24) is 4.90 Å². The van der Waals surface area contributed by atoms with Crippen molar-refractivity contribution in [3.63, 3.8) is 0 Å². The number of nitrogens with one attached hydrogen (secondary N) is 1. The molecule has 3 rings (SSSR count). The van der Waals surface area contributed by atoms with E-state index in [9.17, 15) is 13.2 Å². The lowest BCUT2D eigenvalue weighted by molar-refractivity contribution is 0.182. The topological polar surface area (TPSA) is 79.6 Å². The molecule has 0 aliphatic carbocycles. The summed E-state index contributed by atoms with van der Waals surface area (Å²) in [5, 5.41) is 2.27. The lowest BCUT2D eigenvalue weighted by Gasteiger charge is -2.38. The molecule has 2 heterocycles. The van der Waals surface area contributed by atoms with Crippen LogP contribution in [0.25, 0.3) is 0 Å². The zero-order valence-corrected chi connectivity index (χ0v) is 16.0. The van der Waals surface area contributed by atoms with Crippen LogP contribution in [0.4, 0.5) is 10.5 Å². The summed E-state index contributed by atoms with van der Waals surface area (Å²) in [7, 11) is -3.32. The van der Waals surface area contributed by atoms with Crippen molar-refractivity contribution in [3.8, 4) is 0 Å². The summed E-state index contributed by atoms with van der Waals surface area (Å²) in [6, 6.07) is 10.7. The Morgan fingerprint density at radius 2 is 1.85 bits per heavy atom. The minimum Gasteiger partial charge on any atom is -0.468 e. The average molecular weight is 376 g/mol. The Morgan fingerprint density at radius 3 is 2.38 bits per heavy atom. The lowest BCUT2D eigenvalue weighted by Crippen LogP contribution is -2.58. The molecule has 1 fully saturated rings. The van der Waals surface area contributed by atoms with Crippen molar-refractivity contribution in [1.29, 1.82) is 0 Å². The van der Waals surface area contributed by atoms with Crippen LogP contribution in [0, 0.1) is 0 Å². The fourth-order valence-electron chi connectivity index (χ4n) is 2.80. The predicted octanol–water partition coefficient (Wildman–Crippen LogP) is 3.41. The highest BCUT2D eigenvalue weighted by Gasteiger charge is 2.40. The monoisotopic (exact) mass is 376 g/mol. The van der Waals surface area contributed by atoms with E-state index >= 15 is 0 Å². The first-order valence-corrected chi connectivity index (χ1v) is 10.3. The standard InChI is InChI=1S/C19H24N2O4S/c1-19(2,3)14-6-8-15(9-7-14)20-18(22)21-11-17(12-21)26(23,24)13-16-5-4-10-25-16/h4-10,17H,11-13H2,1-3H3,(H,20,22). The molecule has 0 radical (unpaired) electrons. The van der Waals surface area contributed by atoms with Crippen LogP contribution in [0.2, 0.25) is 0 Å². The van der Waals surface area contributed by atoms with E-state index in [4.69, 9.17) is 4.42 Å². The van der Waals surface area contributed by atoms with Crippen molar-refractivity contribution in [3.05, 3.63) is 54.0 Å². The Balaban J connectivity index is 1.53. The molecule has 0 bridgehead atoms. The van der Waals surface area contributed by atoms with Crippen molar-refractivity contribution >= 4 is 21.6 Å². The number of sulfone groups is 1. The van der Waals surface area contributed by atoms with Gasteiger partial charge < -0.3 is 14.6 Å². The van der Waals surface area contributed by atoms with Gasteiger partial charge in [-0.15, -0.1) is 0 Å². The van der Waals surface area contributed by atoms with Gasteiger partial charge in [0.25, 0.3) is 0 Å². The van der Waals surface area contributed by atoms with Crippen LogP contribution >= 0.6 is 0 Å². The summed E-state index contributed by atoms with van der Waals surface area (Å²) in [4.78, 5) is 13.8. The Bertz CT molecular complexity index is 859. The summed E-state index contributed by atoms with van der Waals surface area (Å²) >= 11 is 0. The van der Waals surface area contributed by atoms with Crippen LogP contribution in [0.15, 0.2) is 47.1 Å². The zero-order chi connectivity index (χ0) is 18.9. The molecule has 1 N–H and O–H groups in total. The first kappa shape index (κ1) is 18.5. The largest absolute Gasteiger partial charge is 0.468 e. The van der Waals surface area contributed by atoms with Gasteiger partial charge in [0.2, 0.25) is 0 Å². The van der Waals surface area contributed by atoms with Gasteiger partial charge in [-0.3, -0.25) is 0 Å². The molecule has 2 amide bonds. The summed E-state index contributed by atoms with van der Waals surface area (Å²) in [6.07, 6.45) is 1.45. The van der Waals surface area contributed by atoms with Crippen molar-refractivity contribution in [2.24, 2.45) is 0 Å². The molecule has 7 heteroatoms. The molecule has 1 aliphatic rings. The second kappa shape index (κ2) is 6.79. The second-order valence-corrected chi connectivity index (χ2v) is 9.95. The van der Waals surface area contributed by atoms with E-state index in [-0.39, 0.29) is 30.3 Å². The minimum atomic E-state index is -3.32. The number of benzene rings is 1. The Labute approximate surface area is 154 Å². The van der Waals surface area contributed by atoms with E-state index in [2.05, 4.69) is 26.1 Å². The van der Waals surface area contributed by atoms with E-state index in [0.717, 1.165) is 0 Å². The van der Waals surface area contributed by atoms with Crippen LogP contribution in [0.3, 0.4) is 0 Å². The third-order valence-electron chi connectivity index (χ3n) is 4.57. The number of hydrogen-bond acceptors (Lipinski definition) is 4. The lowest BCUT2D eigenvalue weighted by atomic mass is 9.87. The normalized spacial score (nSPS) is 15.6. The van der Waals surface area contributed by atoms with E-state index in [1.165, 1.54) is 16.7 Å². The van der Waals surface area contributed by atoms with E-state index < -0.39 is 15.1 Å². The van der Waals surface area contributed by atoms with Gasteiger partial charge in [-0.2, -0.15) is 0 Å². The summed E-state index contributed by atoms with van der Waals surface area (Å²) in [5.74, 6) is 0.292. The summed E-state index contributed by atoms with van der Waals surface area (Å²) in [6.45, 7) is 6.79. The van der Waals surface area contributed by atoms with Gasteiger partial charge in [0.05, 0.1) is 11.5 Å². The van der Waals surface area contributed by atoms with Crippen molar-refractivity contribution in [2.45, 2.75) is 37.2 Å². The molecule has 140 valence electrons. The van der Waals surface area contributed by atoms with Crippen LogP contribution in [0.5, 0.6) is 0 Å². The molecule has 0 unspecified atom stereocenters. The van der Waals surface area contributed by atoms with Crippen molar-refractivity contribution < 1.29 is 17.6 Å². The number of amides is 2. The van der Waals surface area contributed by atoms with Gasteiger partial charge in [-0.25, -0.2) is 13.2 Å². The third kappa shape index (κ3) is 4.09. The number of furan rings is 1. The Kier molecular flexibility index (Phi) is 4.84. The van der Waals surface area contributed by atoms with E-state index in [1.807, 2.05) is 24.3 Å². The maximum Gasteiger partial charge on any atom is 0.321 e. The van der Waals surface area contributed by atoms with Crippen LogP contribution in [0.1, 0.15) is 32.1 Å². The Hall–Kier alpha value is -2.28. The highest BCUT2D eigenvalue weighted by Crippen LogP contribution is 2.25. The first-order chi connectivity index (χ1) is 12.1. The van der Waals surface area contributed by atoms with Gasteiger partial charge in [0, 0.05) is 18.8 Å². The van der Waals surface area contributed by atoms with Gasteiger partial charge >= 0.3 is 6.03 Å². The zero-order valence-electron chi connectivity index (χ0n) is 15.2. The number of anilines is 1. The molecule has 1 aliphatic heterocycles. The number of hydrogen-bond donors (Lipinski definition) is 1. The Morgan fingerprint density at radius 1 is 1.19 bits per heavy atom. The quantitative estimate of drug-likeness (QED) is 0.887. The molecule has 0 saturated carbocycles. The number of carbonyl (C=O) groups is 1. The molecule has 2 aromatic rings. The highest BCUT2D eigenvalue weighted by atomic mass is 32.2. The minimum absolute atomic E-state index is 0.0512. The number of likely N-dealkylation sites (tertiary alicyclic amines) is 1. The molecule has 26 heavy (non-hydrogen) atoms. The molecular formula is C19H24N2O4S. The SMILES string of the molecule is CC(C)(C)c1ccc(NC(=O)N2CC(S(=O)(=O)Cc3ccco3)C2)cc1. The van der Waals surface area contributed by atoms with Gasteiger partial charge in [0.1, 0.15) is 11.5 Å². The van der Waals surface area contributed by atoms with E-state index in [0.29, 0.717) is 11.4 Å². The van der Waals surface area contributed by atoms with Gasteiger partial charge in [0.15, 0.2) is 9.84 Å². The fourth-order valence-corrected chi connectivity index (χ4v) is 4.41.